The van der Waals surface area contributed by atoms with Crippen molar-refractivity contribution >= 4 is 15.7 Å². The lowest BCUT2D eigenvalue weighted by Gasteiger charge is -2.13. The number of benzene rings is 1. The average molecular weight is 288 g/mol. The van der Waals surface area contributed by atoms with Crippen molar-refractivity contribution in [3.05, 3.63) is 32.9 Å². The van der Waals surface area contributed by atoms with Crippen molar-refractivity contribution < 1.29 is 18.2 Å². The van der Waals surface area contributed by atoms with Crippen LogP contribution in [0.1, 0.15) is 23.6 Å². The summed E-state index contributed by atoms with van der Waals surface area (Å²) in [6, 6.07) is 1.48. The highest BCUT2D eigenvalue weighted by Crippen LogP contribution is 2.31. The predicted octanol–water partition coefficient (Wildman–Crippen LogP) is 1.75. The van der Waals surface area contributed by atoms with Crippen LogP contribution in [0.5, 0.6) is 0 Å². The highest BCUT2D eigenvalue weighted by Gasteiger charge is 2.27. The number of nitro groups is 1. The van der Waals surface area contributed by atoms with E-state index in [1.54, 1.807) is 20.8 Å². The van der Waals surface area contributed by atoms with Crippen LogP contribution in [0, 0.1) is 30.9 Å². The molecule has 8 heteroatoms. The topological polar surface area (TPSA) is 98.5 Å². The minimum absolute atomic E-state index is 0.106. The molecule has 0 heterocycles. The molecule has 0 bridgehead atoms. The van der Waals surface area contributed by atoms with E-state index in [0.29, 0.717) is 11.1 Å². The maximum absolute atomic E-state index is 12.1. The maximum atomic E-state index is 12.1. The molecular weight excluding hydrogens is 272 g/mol. The van der Waals surface area contributed by atoms with Gasteiger partial charge in [-0.2, -0.15) is 0 Å². The minimum atomic E-state index is -3.93. The second-order valence-corrected chi connectivity index (χ2v) is 5.67. The zero-order valence-corrected chi connectivity index (χ0v) is 12.0. The van der Waals surface area contributed by atoms with Gasteiger partial charge < -0.3 is 0 Å². The molecule has 0 saturated carbocycles. The molecule has 0 unspecified atom stereocenters. The summed E-state index contributed by atoms with van der Waals surface area (Å²) in [5, 5.41) is 11.0. The summed E-state index contributed by atoms with van der Waals surface area (Å²) in [4.78, 5) is 16.9. The van der Waals surface area contributed by atoms with E-state index in [-0.39, 0.29) is 22.8 Å². The van der Waals surface area contributed by atoms with Crippen molar-refractivity contribution in [3.8, 4) is 0 Å². The van der Waals surface area contributed by atoms with Crippen LogP contribution in [0.4, 0.5) is 5.69 Å². The molecule has 0 radical (unpaired) electrons. The first-order valence-corrected chi connectivity index (χ1v) is 7.09. The Morgan fingerprint density at radius 2 is 1.89 bits per heavy atom. The number of hydrogen-bond acceptors (Lipinski definition) is 5. The largest absolute Gasteiger partial charge is 0.287 e. The Bertz CT molecular complexity index is 610. The van der Waals surface area contributed by atoms with Gasteiger partial charge in [-0.05, 0) is 39.3 Å². The first-order valence-electron chi connectivity index (χ1n) is 5.61. The van der Waals surface area contributed by atoms with Crippen LogP contribution in [0.2, 0.25) is 0 Å². The fraction of sp³-hybridized carbons (Fsp3) is 0.455. The molecule has 0 aliphatic heterocycles. The maximum Gasteiger partial charge on any atom is 0.276 e. The number of sulfonamides is 1. The van der Waals surface area contributed by atoms with Gasteiger partial charge in [-0.3, -0.25) is 15.0 Å². The van der Waals surface area contributed by atoms with Gasteiger partial charge in [0.2, 0.25) is 0 Å². The molecule has 1 N–H and O–H groups in total. The fourth-order valence-corrected chi connectivity index (χ4v) is 3.37. The minimum Gasteiger partial charge on any atom is -0.287 e. The molecule has 1 rings (SSSR count). The Morgan fingerprint density at radius 3 is 2.37 bits per heavy atom. The monoisotopic (exact) mass is 288 g/mol. The van der Waals surface area contributed by atoms with Crippen molar-refractivity contribution in [2.45, 2.75) is 32.6 Å². The SMILES string of the molecule is CCONS(=O)(=O)c1c(C)cc(C)c([N+](=O)[O-])c1C. The van der Waals surface area contributed by atoms with Gasteiger partial charge in [0.25, 0.3) is 15.7 Å². The Kier molecular flexibility index (Phi) is 4.61. The van der Waals surface area contributed by atoms with Crippen LogP contribution < -0.4 is 4.89 Å². The third kappa shape index (κ3) is 3.09. The molecule has 7 nitrogen and oxygen atoms in total. The molecule has 1 aromatic carbocycles. The summed E-state index contributed by atoms with van der Waals surface area (Å²) in [5.74, 6) is 0. The van der Waals surface area contributed by atoms with Crippen LogP contribution in [0.25, 0.3) is 0 Å². The molecule has 106 valence electrons. The van der Waals surface area contributed by atoms with E-state index in [9.17, 15) is 18.5 Å². The van der Waals surface area contributed by atoms with E-state index in [4.69, 9.17) is 0 Å². The summed E-state index contributed by atoms with van der Waals surface area (Å²) in [5.41, 5.74) is 0.778. The Balaban J connectivity index is 3.53. The second kappa shape index (κ2) is 5.64. The first-order chi connectivity index (χ1) is 8.72. The van der Waals surface area contributed by atoms with Gasteiger partial charge in [0.15, 0.2) is 0 Å². The molecule has 0 saturated heterocycles. The van der Waals surface area contributed by atoms with E-state index < -0.39 is 14.9 Å². The van der Waals surface area contributed by atoms with Crippen molar-refractivity contribution in [3.63, 3.8) is 0 Å². The zero-order valence-electron chi connectivity index (χ0n) is 11.2. The van der Waals surface area contributed by atoms with Gasteiger partial charge in [0.1, 0.15) is 0 Å². The van der Waals surface area contributed by atoms with Gasteiger partial charge >= 0.3 is 0 Å². The van der Waals surface area contributed by atoms with E-state index >= 15 is 0 Å². The number of aryl methyl sites for hydroxylation is 2. The summed E-state index contributed by atoms with van der Waals surface area (Å²) < 4.78 is 24.1. The number of hydrogen-bond donors (Lipinski definition) is 1. The Morgan fingerprint density at radius 1 is 1.32 bits per heavy atom. The third-order valence-corrected chi connectivity index (χ3v) is 4.13. The standard InChI is InChI=1S/C11H16N2O5S/c1-5-18-12-19(16,17)11-8(3)6-7(2)10(9(11)4)13(14)15/h6,12H,5H2,1-4H3. The van der Waals surface area contributed by atoms with Gasteiger partial charge in [-0.15, -0.1) is 0 Å². The van der Waals surface area contributed by atoms with E-state index in [1.807, 2.05) is 4.89 Å². The highest BCUT2D eigenvalue weighted by atomic mass is 32.2. The summed E-state index contributed by atoms with van der Waals surface area (Å²) in [7, 11) is -3.93. The van der Waals surface area contributed by atoms with Crippen LogP contribution in [0.3, 0.4) is 0 Å². The normalized spacial score (nSPS) is 11.6. The lowest BCUT2D eigenvalue weighted by atomic mass is 10.1. The van der Waals surface area contributed by atoms with Crippen molar-refractivity contribution in [2.75, 3.05) is 6.61 Å². The predicted molar refractivity (Wildman–Crippen MR) is 69.3 cm³/mol. The average Bonchev–Trinajstić information content (AvgIpc) is 2.24. The molecule has 0 amide bonds. The van der Waals surface area contributed by atoms with Gasteiger partial charge in [0.05, 0.1) is 16.4 Å². The molecule has 1 aromatic rings. The van der Waals surface area contributed by atoms with E-state index in [1.165, 1.54) is 13.0 Å². The van der Waals surface area contributed by atoms with Crippen LogP contribution in [0.15, 0.2) is 11.0 Å². The smallest absolute Gasteiger partial charge is 0.276 e. The molecular formula is C11H16N2O5S. The quantitative estimate of drug-likeness (QED) is 0.657. The lowest BCUT2D eigenvalue weighted by molar-refractivity contribution is -0.386. The summed E-state index contributed by atoms with van der Waals surface area (Å²) in [6.45, 7) is 6.36. The van der Waals surface area contributed by atoms with Crippen LogP contribution in [-0.2, 0) is 14.9 Å². The number of nitrogens with one attached hydrogen (secondary N) is 1. The third-order valence-electron chi connectivity index (χ3n) is 2.62. The molecule has 0 spiro atoms. The molecule has 19 heavy (non-hydrogen) atoms. The van der Waals surface area contributed by atoms with Gasteiger partial charge in [-0.25, -0.2) is 8.42 Å². The molecule has 0 aliphatic carbocycles. The van der Waals surface area contributed by atoms with Gasteiger partial charge in [-0.1, -0.05) is 4.89 Å². The second-order valence-electron chi connectivity index (χ2n) is 4.09. The van der Waals surface area contributed by atoms with Crippen LogP contribution >= 0.6 is 0 Å². The van der Waals surface area contributed by atoms with Crippen molar-refractivity contribution in [1.29, 1.82) is 0 Å². The summed E-state index contributed by atoms with van der Waals surface area (Å²) in [6.07, 6.45) is 0. The zero-order chi connectivity index (χ0) is 14.8. The summed E-state index contributed by atoms with van der Waals surface area (Å²) >= 11 is 0. The molecule has 0 aromatic heterocycles. The van der Waals surface area contributed by atoms with Crippen molar-refractivity contribution in [2.24, 2.45) is 0 Å². The van der Waals surface area contributed by atoms with E-state index in [2.05, 4.69) is 4.84 Å². The highest BCUT2D eigenvalue weighted by molar-refractivity contribution is 7.89. The number of rotatable bonds is 5. The van der Waals surface area contributed by atoms with Gasteiger partial charge in [0, 0.05) is 11.1 Å². The molecule has 0 fully saturated rings. The van der Waals surface area contributed by atoms with Crippen LogP contribution in [-0.4, -0.2) is 19.9 Å². The number of nitro benzene ring substituents is 1. The number of nitrogens with zero attached hydrogens (tertiary/aromatic N) is 1. The lowest BCUT2D eigenvalue weighted by Crippen LogP contribution is -2.26. The van der Waals surface area contributed by atoms with Crippen molar-refractivity contribution in [1.82, 2.24) is 4.89 Å². The Hall–Kier alpha value is -1.51. The Labute approximate surface area is 111 Å². The first kappa shape index (κ1) is 15.5. The van der Waals surface area contributed by atoms with E-state index in [0.717, 1.165) is 0 Å². The fourth-order valence-electron chi connectivity index (χ4n) is 2.03. The molecule has 0 aliphatic rings. The molecule has 0 atom stereocenters.